The highest BCUT2D eigenvalue weighted by molar-refractivity contribution is 14.0. The number of rotatable bonds is 8. The molecule has 156 valence electrons. The lowest BCUT2D eigenvalue weighted by molar-refractivity contribution is 0.0926. The van der Waals surface area contributed by atoms with E-state index in [9.17, 15) is 9.90 Å². The Bertz CT molecular complexity index is 894. The summed E-state index contributed by atoms with van der Waals surface area (Å²) in [4.78, 5) is 17.2. The third-order valence-corrected chi connectivity index (χ3v) is 5.20. The Labute approximate surface area is 190 Å². The van der Waals surface area contributed by atoms with Crippen molar-refractivity contribution in [1.29, 1.82) is 0 Å². The summed E-state index contributed by atoms with van der Waals surface area (Å²) in [6, 6.07) is 13.3. The smallest absolute Gasteiger partial charge is 0.287 e. The number of furan rings is 1. The monoisotopic (exact) mass is 528 g/mol. The van der Waals surface area contributed by atoms with E-state index in [1.54, 1.807) is 23.5 Å². The molecular weight excluding hydrogens is 503 g/mol. The van der Waals surface area contributed by atoms with Gasteiger partial charge in [0.1, 0.15) is 6.10 Å². The van der Waals surface area contributed by atoms with Crippen molar-refractivity contribution in [3.63, 3.8) is 0 Å². The number of benzene rings is 1. The molecule has 0 radical (unpaired) electrons. The van der Waals surface area contributed by atoms with Gasteiger partial charge in [-0.25, -0.2) is 0 Å². The number of nitrogens with one attached hydrogen (secondary N) is 3. The largest absolute Gasteiger partial charge is 0.459 e. The van der Waals surface area contributed by atoms with Gasteiger partial charge < -0.3 is 25.5 Å². The Morgan fingerprint density at radius 2 is 1.97 bits per heavy atom. The van der Waals surface area contributed by atoms with Gasteiger partial charge in [-0.2, -0.15) is 0 Å². The van der Waals surface area contributed by atoms with Crippen LogP contribution in [0.1, 0.15) is 28.5 Å². The summed E-state index contributed by atoms with van der Waals surface area (Å²) in [5, 5.41) is 20.6. The number of aliphatic hydroxyl groups is 1. The van der Waals surface area contributed by atoms with Crippen molar-refractivity contribution in [2.45, 2.75) is 13.0 Å². The average molecular weight is 528 g/mol. The van der Waals surface area contributed by atoms with Gasteiger partial charge in [0.15, 0.2) is 11.7 Å². The molecule has 0 saturated heterocycles. The van der Waals surface area contributed by atoms with Crippen molar-refractivity contribution in [3.05, 3.63) is 59.4 Å². The lowest BCUT2D eigenvalue weighted by Crippen LogP contribution is -2.41. The highest BCUT2D eigenvalue weighted by Gasteiger charge is 2.11. The van der Waals surface area contributed by atoms with Gasteiger partial charge in [-0.3, -0.25) is 9.79 Å². The molecule has 0 spiro atoms. The quantitative estimate of drug-likeness (QED) is 0.156. The maximum absolute atomic E-state index is 11.8. The van der Waals surface area contributed by atoms with E-state index in [-0.39, 0.29) is 42.2 Å². The van der Waals surface area contributed by atoms with E-state index < -0.39 is 6.10 Å². The predicted molar refractivity (Wildman–Crippen MR) is 127 cm³/mol. The fraction of sp³-hybridized carbons (Fsp3) is 0.300. The first-order valence-corrected chi connectivity index (χ1v) is 9.99. The number of nitrogens with zero attached hydrogens (tertiary/aromatic N) is 1. The fourth-order valence-corrected chi connectivity index (χ4v) is 3.67. The van der Waals surface area contributed by atoms with E-state index in [0.717, 1.165) is 15.0 Å². The molecule has 29 heavy (non-hydrogen) atoms. The molecular formula is C20H25IN4O3S. The van der Waals surface area contributed by atoms with Gasteiger partial charge in [0.25, 0.3) is 5.91 Å². The Balaban J connectivity index is 0.00000300. The summed E-state index contributed by atoms with van der Waals surface area (Å²) < 4.78 is 6.20. The maximum atomic E-state index is 11.8. The molecule has 1 amide bonds. The second-order valence-corrected chi connectivity index (χ2v) is 7.20. The number of hydrogen-bond donors (Lipinski definition) is 4. The van der Waals surface area contributed by atoms with Crippen LogP contribution in [0.2, 0.25) is 0 Å². The zero-order chi connectivity index (χ0) is 19.8. The molecule has 0 bridgehead atoms. The molecule has 4 N–H and O–H groups in total. The molecule has 9 heteroatoms. The molecule has 3 rings (SSSR count). The van der Waals surface area contributed by atoms with Crippen LogP contribution in [0.15, 0.2) is 58.1 Å². The predicted octanol–water partition coefficient (Wildman–Crippen LogP) is 3.13. The highest BCUT2D eigenvalue weighted by Crippen LogP contribution is 2.29. The standard InChI is InChI=1S/C20H24N4O3S.HI/c1-2-21-20(23-10-9-22-19(26)16-7-5-11-27-16)24-13-15(25)18-12-14-6-3-4-8-17(14)28-18;/h3-8,11-12,15,25H,2,9-10,13H2,1H3,(H,22,26)(H2,21,23,24);1H. The second kappa shape index (κ2) is 11.8. The number of halogens is 1. The fourth-order valence-electron chi connectivity index (χ4n) is 2.63. The molecule has 7 nitrogen and oxygen atoms in total. The molecule has 2 heterocycles. The first-order valence-electron chi connectivity index (χ1n) is 9.17. The van der Waals surface area contributed by atoms with E-state index in [1.165, 1.54) is 6.26 Å². The molecule has 0 aliphatic heterocycles. The summed E-state index contributed by atoms with van der Waals surface area (Å²) in [7, 11) is 0. The van der Waals surface area contributed by atoms with Crippen LogP contribution in [0.25, 0.3) is 10.1 Å². The Morgan fingerprint density at radius 3 is 2.69 bits per heavy atom. The lowest BCUT2D eigenvalue weighted by Gasteiger charge is -2.13. The third kappa shape index (κ3) is 6.72. The molecule has 0 aliphatic rings. The topological polar surface area (TPSA) is 98.9 Å². The van der Waals surface area contributed by atoms with Crippen molar-refractivity contribution in [2.75, 3.05) is 26.2 Å². The van der Waals surface area contributed by atoms with Gasteiger partial charge in [0.05, 0.1) is 12.8 Å². The van der Waals surface area contributed by atoms with Crippen LogP contribution < -0.4 is 16.0 Å². The summed E-state index contributed by atoms with van der Waals surface area (Å²) in [6.45, 7) is 3.84. The number of amides is 1. The number of aliphatic hydroxyl groups excluding tert-OH is 1. The van der Waals surface area contributed by atoms with Crippen molar-refractivity contribution in [3.8, 4) is 0 Å². The van der Waals surface area contributed by atoms with E-state index in [4.69, 9.17) is 4.42 Å². The maximum Gasteiger partial charge on any atom is 0.287 e. The van der Waals surface area contributed by atoms with Crippen molar-refractivity contribution in [1.82, 2.24) is 16.0 Å². The van der Waals surface area contributed by atoms with Crippen LogP contribution in [-0.2, 0) is 0 Å². The van der Waals surface area contributed by atoms with Crippen molar-refractivity contribution >= 4 is 57.3 Å². The summed E-state index contributed by atoms with van der Waals surface area (Å²) in [5.74, 6) is 0.621. The van der Waals surface area contributed by atoms with Crippen LogP contribution in [0.5, 0.6) is 0 Å². The number of aliphatic imine (C=N–C) groups is 1. The Hall–Kier alpha value is -2.11. The van der Waals surface area contributed by atoms with E-state index in [2.05, 4.69) is 20.9 Å². The molecule has 1 aromatic carbocycles. The second-order valence-electron chi connectivity index (χ2n) is 6.08. The Kier molecular flexibility index (Phi) is 9.42. The zero-order valence-corrected chi connectivity index (χ0v) is 19.2. The molecule has 0 fully saturated rings. The number of thiophene rings is 1. The Morgan fingerprint density at radius 1 is 1.17 bits per heavy atom. The van der Waals surface area contributed by atoms with Crippen LogP contribution in [-0.4, -0.2) is 43.2 Å². The van der Waals surface area contributed by atoms with Crippen molar-refractivity contribution in [2.24, 2.45) is 4.99 Å². The third-order valence-electron chi connectivity index (χ3n) is 3.99. The molecule has 0 saturated carbocycles. The minimum Gasteiger partial charge on any atom is -0.459 e. The summed E-state index contributed by atoms with van der Waals surface area (Å²) in [6.07, 6.45) is 0.803. The van der Waals surface area contributed by atoms with Crippen LogP contribution in [0.3, 0.4) is 0 Å². The van der Waals surface area contributed by atoms with Gasteiger partial charge in [0.2, 0.25) is 0 Å². The molecule has 1 unspecified atom stereocenters. The van der Waals surface area contributed by atoms with E-state index in [0.29, 0.717) is 25.6 Å². The van der Waals surface area contributed by atoms with Gasteiger partial charge in [-0.1, -0.05) is 18.2 Å². The zero-order valence-electron chi connectivity index (χ0n) is 16.1. The first-order chi connectivity index (χ1) is 13.7. The van der Waals surface area contributed by atoms with Crippen LogP contribution in [0, 0.1) is 0 Å². The number of fused-ring (bicyclic) bond motifs is 1. The van der Waals surface area contributed by atoms with Gasteiger partial charge >= 0.3 is 0 Å². The average Bonchev–Trinajstić information content (AvgIpc) is 3.38. The number of guanidine groups is 1. The normalized spacial score (nSPS) is 12.3. The molecule has 3 aromatic rings. The van der Waals surface area contributed by atoms with E-state index in [1.807, 2.05) is 37.3 Å². The molecule has 0 aliphatic carbocycles. The van der Waals surface area contributed by atoms with Crippen LogP contribution in [0.4, 0.5) is 0 Å². The van der Waals surface area contributed by atoms with Gasteiger partial charge in [0, 0.05) is 29.2 Å². The minimum absolute atomic E-state index is 0. The lowest BCUT2D eigenvalue weighted by atomic mass is 10.2. The number of carbonyl (C=O) groups excluding carboxylic acids is 1. The van der Waals surface area contributed by atoms with Gasteiger partial charge in [-0.05, 0) is 36.6 Å². The van der Waals surface area contributed by atoms with Crippen LogP contribution >= 0.6 is 35.3 Å². The first kappa shape index (κ1) is 23.2. The molecule has 2 aromatic heterocycles. The SMILES string of the molecule is CCNC(=NCC(O)c1cc2ccccc2s1)NCCNC(=O)c1ccco1.I. The highest BCUT2D eigenvalue weighted by atomic mass is 127. The van der Waals surface area contributed by atoms with Crippen molar-refractivity contribution < 1.29 is 14.3 Å². The van der Waals surface area contributed by atoms with Gasteiger partial charge in [-0.15, -0.1) is 35.3 Å². The molecule has 1 atom stereocenters. The van der Waals surface area contributed by atoms with E-state index >= 15 is 0 Å². The minimum atomic E-state index is -0.661. The summed E-state index contributed by atoms with van der Waals surface area (Å²) >= 11 is 1.58. The number of carbonyl (C=O) groups is 1. The summed E-state index contributed by atoms with van der Waals surface area (Å²) in [5.41, 5.74) is 0. The number of hydrogen-bond acceptors (Lipinski definition) is 5.